The Kier molecular flexibility index (Phi) is 3.39. The van der Waals surface area contributed by atoms with Crippen LogP contribution in [0, 0.1) is 11.6 Å². The van der Waals surface area contributed by atoms with Gasteiger partial charge in [0.2, 0.25) is 0 Å². The highest BCUT2D eigenvalue weighted by Gasteiger charge is 2.41. The van der Waals surface area contributed by atoms with Crippen LogP contribution in [-0.4, -0.2) is 23.8 Å². The molecule has 1 heterocycles. The highest BCUT2D eigenvalue weighted by atomic mass is 79.9. The van der Waals surface area contributed by atoms with E-state index in [1.165, 1.54) is 13.0 Å². The first-order valence-electron chi connectivity index (χ1n) is 5.13. The zero-order valence-corrected chi connectivity index (χ0v) is 11.0. The maximum atomic E-state index is 13.8. The van der Waals surface area contributed by atoms with Gasteiger partial charge in [0.05, 0.1) is 4.47 Å². The van der Waals surface area contributed by atoms with E-state index in [9.17, 15) is 13.9 Å². The Morgan fingerprint density at radius 1 is 1.50 bits per heavy atom. The Morgan fingerprint density at radius 3 is 2.83 bits per heavy atom. The zero-order chi connectivity index (χ0) is 13.5. The predicted molar refractivity (Wildman–Crippen MR) is 65.0 cm³/mol. The molecule has 0 saturated heterocycles. The first kappa shape index (κ1) is 13.4. The van der Waals surface area contributed by atoms with E-state index in [0.717, 1.165) is 6.07 Å². The van der Waals surface area contributed by atoms with Crippen molar-refractivity contribution in [3.8, 4) is 0 Å². The van der Waals surface area contributed by atoms with Crippen LogP contribution in [0.25, 0.3) is 0 Å². The second-order valence-electron chi connectivity index (χ2n) is 4.16. The Bertz CT molecular complexity index is 524. The molecule has 18 heavy (non-hydrogen) atoms. The summed E-state index contributed by atoms with van der Waals surface area (Å²) in [6.45, 7) is 1.44. The number of halogens is 3. The van der Waals surface area contributed by atoms with E-state index in [-0.39, 0.29) is 22.5 Å². The maximum absolute atomic E-state index is 13.8. The summed E-state index contributed by atoms with van der Waals surface area (Å²) in [4.78, 5) is 4.03. The minimum atomic E-state index is -1.40. The summed E-state index contributed by atoms with van der Waals surface area (Å²) in [7, 11) is 0. The highest BCUT2D eigenvalue weighted by molar-refractivity contribution is 9.10. The third-order valence-electron chi connectivity index (χ3n) is 2.80. The molecule has 1 aromatic rings. The van der Waals surface area contributed by atoms with E-state index in [4.69, 9.17) is 10.5 Å². The summed E-state index contributed by atoms with van der Waals surface area (Å²) >= 11 is 2.96. The SMILES string of the molecule is CC1(c2cc(Br)c(F)cc2F)N=C(N)COC1O. The minimum Gasteiger partial charge on any atom is -0.385 e. The maximum Gasteiger partial charge on any atom is 0.184 e. The van der Waals surface area contributed by atoms with Gasteiger partial charge in [0.1, 0.15) is 29.6 Å². The summed E-state index contributed by atoms with van der Waals surface area (Å²) in [5.41, 5.74) is 4.14. The van der Waals surface area contributed by atoms with Gasteiger partial charge in [-0.3, -0.25) is 4.99 Å². The molecule has 0 amide bonds. The number of aliphatic imine (C=N–C) groups is 1. The molecule has 0 fully saturated rings. The first-order valence-corrected chi connectivity index (χ1v) is 5.93. The van der Waals surface area contributed by atoms with Gasteiger partial charge in [0.15, 0.2) is 6.29 Å². The fraction of sp³-hybridized carbons (Fsp3) is 0.364. The van der Waals surface area contributed by atoms with Crippen LogP contribution < -0.4 is 5.73 Å². The largest absolute Gasteiger partial charge is 0.385 e. The average Bonchev–Trinajstić information content (AvgIpc) is 2.29. The molecule has 0 aliphatic carbocycles. The Balaban J connectivity index is 2.59. The number of nitrogens with two attached hydrogens (primary N) is 1. The van der Waals surface area contributed by atoms with Crippen molar-refractivity contribution in [1.29, 1.82) is 0 Å². The summed E-state index contributed by atoms with van der Waals surface area (Å²) in [5.74, 6) is -1.41. The van der Waals surface area contributed by atoms with Gasteiger partial charge in [-0.2, -0.15) is 0 Å². The summed E-state index contributed by atoms with van der Waals surface area (Å²) < 4.78 is 32.1. The lowest BCUT2D eigenvalue weighted by molar-refractivity contribution is -0.138. The van der Waals surface area contributed by atoms with Gasteiger partial charge in [0, 0.05) is 11.6 Å². The molecule has 98 valence electrons. The van der Waals surface area contributed by atoms with Crippen molar-refractivity contribution in [3.05, 3.63) is 33.8 Å². The molecular formula is C11H11BrF2N2O2. The number of aliphatic hydroxyl groups is 1. The van der Waals surface area contributed by atoms with Crippen LogP contribution in [0.15, 0.2) is 21.6 Å². The van der Waals surface area contributed by atoms with Crippen molar-refractivity contribution in [3.63, 3.8) is 0 Å². The topological polar surface area (TPSA) is 67.8 Å². The van der Waals surface area contributed by atoms with Gasteiger partial charge in [-0.25, -0.2) is 8.78 Å². The molecule has 0 saturated carbocycles. The number of aliphatic hydroxyl groups excluding tert-OH is 1. The molecule has 1 aliphatic heterocycles. The van der Waals surface area contributed by atoms with Crippen molar-refractivity contribution in [2.24, 2.45) is 10.7 Å². The molecule has 0 radical (unpaired) electrons. The molecule has 7 heteroatoms. The van der Waals surface area contributed by atoms with Crippen molar-refractivity contribution >= 4 is 21.8 Å². The fourth-order valence-corrected chi connectivity index (χ4v) is 2.16. The molecule has 2 unspecified atom stereocenters. The number of hydrogen-bond acceptors (Lipinski definition) is 4. The molecule has 0 bridgehead atoms. The van der Waals surface area contributed by atoms with Gasteiger partial charge >= 0.3 is 0 Å². The number of hydrogen-bond donors (Lipinski definition) is 2. The van der Waals surface area contributed by atoms with Gasteiger partial charge in [0.25, 0.3) is 0 Å². The van der Waals surface area contributed by atoms with E-state index in [1.807, 2.05) is 0 Å². The Hall–Kier alpha value is -1.05. The molecule has 0 aromatic heterocycles. The second-order valence-corrected chi connectivity index (χ2v) is 5.01. The van der Waals surface area contributed by atoms with E-state index >= 15 is 0 Å². The number of ether oxygens (including phenoxy) is 1. The molecule has 0 spiro atoms. The standard InChI is InChI=1S/C11H11BrF2N2O2/c1-11(10(17)18-4-9(15)16-11)5-2-6(12)8(14)3-7(5)13/h2-3,10,17H,4H2,1H3,(H2,15,16). The number of rotatable bonds is 1. The normalized spacial score (nSPS) is 28.1. The molecule has 2 rings (SSSR count). The van der Waals surface area contributed by atoms with Crippen LogP contribution >= 0.6 is 15.9 Å². The van der Waals surface area contributed by atoms with Crippen LogP contribution in [0.4, 0.5) is 8.78 Å². The molecule has 4 nitrogen and oxygen atoms in total. The zero-order valence-electron chi connectivity index (χ0n) is 9.45. The third-order valence-corrected chi connectivity index (χ3v) is 3.41. The summed E-state index contributed by atoms with van der Waals surface area (Å²) in [5, 5.41) is 9.82. The Labute approximate surface area is 111 Å². The van der Waals surface area contributed by atoms with Crippen molar-refractivity contribution in [2.75, 3.05) is 6.61 Å². The van der Waals surface area contributed by atoms with Gasteiger partial charge in [-0.1, -0.05) is 0 Å². The highest BCUT2D eigenvalue weighted by Crippen LogP contribution is 2.36. The summed E-state index contributed by atoms with van der Waals surface area (Å²) in [6.07, 6.45) is -1.35. The van der Waals surface area contributed by atoms with Gasteiger partial charge in [-0.15, -0.1) is 0 Å². The van der Waals surface area contributed by atoms with E-state index in [2.05, 4.69) is 20.9 Å². The van der Waals surface area contributed by atoms with Crippen molar-refractivity contribution in [2.45, 2.75) is 18.8 Å². The second kappa shape index (κ2) is 4.56. The quantitative estimate of drug-likeness (QED) is 0.773. The first-order chi connectivity index (χ1) is 8.34. The van der Waals surface area contributed by atoms with Crippen LogP contribution in [-0.2, 0) is 10.3 Å². The lowest BCUT2D eigenvalue weighted by atomic mass is 9.90. The number of amidine groups is 1. The van der Waals surface area contributed by atoms with E-state index in [0.29, 0.717) is 0 Å². The smallest absolute Gasteiger partial charge is 0.184 e. The predicted octanol–water partition coefficient (Wildman–Crippen LogP) is 1.65. The van der Waals surface area contributed by atoms with Gasteiger partial charge < -0.3 is 15.6 Å². The molecular weight excluding hydrogens is 310 g/mol. The fourth-order valence-electron chi connectivity index (χ4n) is 1.82. The van der Waals surface area contributed by atoms with E-state index in [1.54, 1.807) is 0 Å². The summed E-state index contributed by atoms with van der Waals surface area (Å²) in [6, 6.07) is 1.94. The number of nitrogens with zero attached hydrogens (tertiary/aromatic N) is 1. The van der Waals surface area contributed by atoms with Crippen molar-refractivity contribution in [1.82, 2.24) is 0 Å². The van der Waals surface area contributed by atoms with Crippen LogP contribution in [0.5, 0.6) is 0 Å². The molecule has 1 aliphatic rings. The van der Waals surface area contributed by atoms with Crippen LogP contribution in [0.2, 0.25) is 0 Å². The monoisotopic (exact) mass is 320 g/mol. The molecule has 3 N–H and O–H groups in total. The van der Waals surface area contributed by atoms with Gasteiger partial charge in [-0.05, 0) is 28.9 Å². The molecule has 1 aromatic carbocycles. The van der Waals surface area contributed by atoms with Crippen LogP contribution in [0.3, 0.4) is 0 Å². The Morgan fingerprint density at radius 2 is 2.17 bits per heavy atom. The molecule has 2 atom stereocenters. The minimum absolute atomic E-state index is 0.00549. The lowest BCUT2D eigenvalue weighted by Gasteiger charge is -2.35. The third kappa shape index (κ3) is 2.13. The van der Waals surface area contributed by atoms with Crippen molar-refractivity contribution < 1.29 is 18.6 Å². The number of benzene rings is 1. The lowest BCUT2D eigenvalue weighted by Crippen LogP contribution is -2.45. The van der Waals surface area contributed by atoms with E-state index < -0.39 is 23.5 Å². The van der Waals surface area contributed by atoms with Crippen LogP contribution in [0.1, 0.15) is 12.5 Å². The average molecular weight is 321 g/mol.